The van der Waals surface area contributed by atoms with Gasteiger partial charge in [0.1, 0.15) is 5.82 Å². The zero-order valence-corrected chi connectivity index (χ0v) is 18.8. The third kappa shape index (κ3) is 6.62. The van der Waals surface area contributed by atoms with Gasteiger partial charge in [0.25, 0.3) is 5.91 Å². The molecule has 1 saturated heterocycles. The zero-order valence-electron chi connectivity index (χ0n) is 18.8. The van der Waals surface area contributed by atoms with Crippen molar-refractivity contribution in [3.05, 3.63) is 95.6 Å². The summed E-state index contributed by atoms with van der Waals surface area (Å²) in [7, 11) is 0. The molecule has 2 N–H and O–H groups in total. The first-order valence-corrected chi connectivity index (χ1v) is 11.7. The fraction of sp³-hybridized carbons (Fsp3) is 0.333. The van der Waals surface area contributed by atoms with Crippen LogP contribution in [0.15, 0.2) is 73.1 Å². The Morgan fingerprint density at radius 2 is 1.82 bits per heavy atom. The van der Waals surface area contributed by atoms with Crippen LogP contribution in [0.25, 0.3) is 0 Å². The van der Waals surface area contributed by atoms with Gasteiger partial charge in [0, 0.05) is 54.9 Å². The largest absolute Gasteiger partial charge is 0.371 e. The first-order chi connectivity index (χ1) is 16.2. The summed E-state index contributed by atoms with van der Waals surface area (Å²) in [5.74, 6) is -0.501. The third-order valence-electron chi connectivity index (χ3n) is 6.18. The number of nitrogens with one attached hydrogen (secondary N) is 2. The van der Waals surface area contributed by atoms with Gasteiger partial charge in [0.05, 0.1) is 0 Å². The highest BCUT2D eigenvalue weighted by Crippen LogP contribution is 2.21. The van der Waals surface area contributed by atoms with Crippen molar-refractivity contribution < 1.29 is 9.18 Å². The van der Waals surface area contributed by atoms with Crippen LogP contribution in [-0.2, 0) is 13.0 Å². The van der Waals surface area contributed by atoms with Crippen molar-refractivity contribution in [2.75, 3.05) is 24.5 Å². The number of carbonyl (C=O) groups is 1. The van der Waals surface area contributed by atoms with Gasteiger partial charge in [-0.3, -0.25) is 9.78 Å². The Hall–Kier alpha value is -3.25. The molecule has 4 rings (SSSR count). The summed E-state index contributed by atoms with van der Waals surface area (Å²) >= 11 is 0. The second kappa shape index (κ2) is 11.6. The molecule has 33 heavy (non-hydrogen) atoms. The molecular formula is C27H31FN4O. The average Bonchev–Trinajstić information content (AvgIpc) is 2.87. The number of rotatable bonds is 9. The molecule has 172 valence electrons. The number of carbonyl (C=O) groups excluding carboxylic acids is 1. The second-order valence-electron chi connectivity index (χ2n) is 8.50. The highest BCUT2D eigenvalue weighted by Gasteiger charge is 2.19. The predicted molar refractivity (Wildman–Crippen MR) is 130 cm³/mol. The maximum Gasteiger partial charge on any atom is 0.251 e. The first-order valence-electron chi connectivity index (χ1n) is 11.7. The van der Waals surface area contributed by atoms with E-state index in [4.69, 9.17) is 0 Å². The third-order valence-corrected chi connectivity index (χ3v) is 6.18. The Labute approximate surface area is 195 Å². The minimum atomic E-state index is -0.306. The molecule has 3 aromatic rings. The molecule has 1 aromatic heterocycles. The van der Waals surface area contributed by atoms with Crippen LogP contribution < -0.4 is 15.5 Å². The standard InChI is InChI=1S/C27H31FN4O/c28-26-8-2-1-7-23(26)20-31-27(33)22-9-11-25(12-10-22)32-17-13-24(14-18-32)30-16-4-6-21-5-3-15-29-19-21/h1-3,5,7-12,15,19,24,30H,4,6,13-14,16-18,20H2,(H,31,33). The van der Waals surface area contributed by atoms with E-state index in [2.05, 4.69) is 26.6 Å². The Kier molecular flexibility index (Phi) is 8.04. The molecule has 1 fully saturated rings. The number of pyridine rings is 1. The lowest BCUT2D eigenvalue weighted by atomic mass is 10.0. The van der Waals surface area contributed by atoms with Crippen molar-refractivity contribution in [3.63, 3.8) is 0 Å². The maximum atomic E-state index is 13.7. The molecule has 2 aromatic carbocycles. The number of hydrogen-bond donors (Lipinski definition) is 2. The number of aromatic nitrogens is 1. The number of anilines is 1. The minimum Gasteiger partial charge on any atom is -0.371 e. The Morgan fingerprint density at radius 3 is 2.55 bits per heavy atom. The van der Waals surface area contributed by atoms with Gasteiger partial charge in [-0.05, 0) is 74.2 Å². The highest BCUT2D eigenvalue weighted by atomic mass is 19.1. The van der Waals surface area contributed by atoms with Crippen LogP contribution >= 0.6 is 0 Å². The summed E-state index contributed by atoms with van der Waals surface area (Å²) in [5.41, 5.74) is 3.49. The molecule has 2 heterocycles. The second-order valence-corrected chi connectivity index (χ2v) is 8.50. The molecule has 0 atom stereocenters. The number of nitrogens with zero attached hydrogens (tertiary/aromatic N) is 2. The smallest absolute Gasteiger partial charge is 0.251 e. The number of halogens is 1. The summed E-state index contributed by atoms with van der Waals surface area (Å²) in [6, 6.07) is 18.8. The van der Waals surface area contributed by atoms with E-state index >= 15 is 0 Å². The molecule has 0 saturated carbocycles. The Morgan fingerprint density at radius 1 is 1.03 bits per heavy atom. The molecule has 1 amide bonds. The molecular weight excluding hydrogens is 415 g/mol. The monoisotopic (exact) mass is 446 g/mol. The van der Waals surface area contributed by atoms with Gasteiger partial charge >= 0.3 is 0 Å². The van der Waals surface area contributed by atoms with Crippen LogP contribution in [0, 0.1) is 5.82 Å². The van der Waals surface area contributed by atoms with Gasteiger partial charge < -0.3 is 15.5 Å². The molecule has 1 aliphatic heterocycles. The van der Waals surface area contributed by atoms with Gasteiger partial charge in [-0.25, -0.2) is 4.39 Å². The van der Waals surface area contributed by atoms with E-state index in [-0.39, 0.29) is 18.3 Å². The van der Waals surface area contributed by atoms with Crippen LogP contribution in [0.3, 0.4) is 0 Å². The van der Waals surface area contributed by atoms with E-state index in [1.165, 1.54) is 11.6 Å². The van der Waals surface area contributed by atoms with Crippen LogP contribution in [0.5, 0.6) is 0 Å². The van der Waals surface area contributed by atoms with E-state index in [1.54, 1.807) is 18.2 Å². The highest BCUT2D eigenvalue weighted by molar-refractivity contribution is 5.94. The van der Waals surface area contributed by atoms with Gasteiger partial charge in [0.15, 0.2) is 0 Å². The summed E-state index contributed by atoms with van der Waals surface area (Å²) in [6.45, 7) is 3.20. The van der Waals surface area contributed by atoms with E-state index in [0.717, 1.165) is 51.0 Å². The van der Waals surface area contributed by atoms with Crippen LogP contribution in [0.1, 0.15) is 40.7 Å². The zero-order chi connectivity index (χ0) is 22.9. The van der Waals surface area contributed by atoms with Crippen molar-refractivity contribution in [2.24, 2.45) is 0 Å². The van der Waals surface area contributed by atoms with Crippen LogP contribution in [0.2, 0.25) is 0 Å². The van der Waals surface area contributed by atoms with E-state index in [1.807, 2.05) is 42.7 Å². The molecule has 6 heteroatoms. The molecule has 0 spiro atoms. The maximum absolute atomic E-state index is 13.7. The molecule has 0 aliphatic carbocycles. The number of benzene rings is 2. The lowest BCUT2D eigenvalue weighted by Gasteiger charge is -2.34. The normalized spacial score (nSPS) is 14.3. The van der Waals surface area contributed by atoms with Crippen molar-refractivity contribution in [3.8, 4) is 0 Å². The van der Waals surface area contributed by atoms with E-state index in [0.29, 0.717) is 17.2 Å². The van der Waals surface area contributed by atoms with Gasteiger partial charge in [0.2, 0.25) is 0 Å². The minimum absolute atomic E-state index is 0.177. The number of amides is 1. The topological polar surface area (TPSA) is 57.3 Å². The van der Waals surface area contributed by atoms with Crippen molar-refractivity contribution in [2.45, 2.75) is 38.3 Å². The molecule has 1 aliphatic rings. The Bertz CT molecular complexity index is 1020. The quantitative estimate of drug-likeness (QED) is 0.480. The van der Waals surface area contributed by atoms with Crippen molar-refractivity contribution >= 4 is 11.6 Å². The molecule has 5 nitrogen and oxygen atoms in total. The number of aryl methyl sites for hydroxylation is 1. The number of hydrogen-bond acceptors (Lipinski definition) is 4. The van der Waals surface area contributed by atoms with Gasteiger partial charge in [-0.2, -0.15) is 0 Å². The van der Waals surface area contributed by atoms with Crippen LogP contribution in [-0.4, -0.2) is 36.6 Å². The van der Waals surface area contributed by atoms with Crippen LogP contribution in [0.4, 0.5) is 10.1 Å². The fourth-order valence-corrected chi connectivity index (χ4v) is 4.23. The summed E-state index contributed by atoms with van der Waals surface area (Å²) in [6.07, 6.45) is 8.14. The summed E-state index contributed by atoms with van der Waals surface area (Å²) in [5, 5.41) is 6.48. The predicted octanol–water partition coefficient (Wildman–Crippen LogP) is 4.34. The lowest BCUT2D eigenvalue weighted by molar-refractivity contribution is 0.0950. The summed E-state index contributed by atoms with van der Waals surface area (Å²) < 4.78 is 13.7. The first kappa shape index (κ1) is 22.9. The fourth-order valence-electron chi connectivity index (χ4n) is 4.23. The van der Waals surface area contributed by atoms with Gasteiger partial charge in [-0.1, -0.05) is 24.3 Å². The Balaban J connectivity index is 1.18. The lowest BCUT2D eigenvalue weighted by Crippen LogP contribution is -2.42. The van der Waals surface area contributed by atoms with Crippen molar-refractivity contribution in [1.29, 1.82) is 0 Å². The number of piperidine rings is 1. The molecule has 0 radical (unpaired) electrons. The van der Waals surface area contributed by atoms with Crippen molar-refractivity contribution in [1.82, 2.24) is 15.6 Å². The summed E-state index contributed by atoms with van der Waals surface area (Å²) in [4.78, 5) is 19.0. The van der Waals surface area contributed by atoms with E-state index < -0.39 is 0 Å². The molecule has 0 unspecified atom stereocenters. The van der Waals surface area contributed by atoms with Gasteiger partial charge in [-0.15, -0.1) is 0 Å². The SMILES string of the molecule is O=C(NCc1ccccc1F)c1ccc(N2CCC(NCCCc3cccnc3)CC2)cc1. The molecule has 0 bridgehead atoms. The van der Waals surface area contributed by atoms with E-state index in [9.17, 15) is 9.18 Å². The average molecular weight is 447 g/mol.